The minimum absolute atomic E-state index is 0.0667. The molecule has 1 aromatic carbocycles. The molecule has 1 heterocycles. The number of amides is 1. The molecular formula is C11H14N6O. The summed E-state index contributed by atoms with van der Waals surface area (Å²) >= 11 is 0. The maximum Gasteiger partial charge on any atom is 0.241 e. The van der Waals surface area contributed by atoms with Gasteiger partial charge in [0.1, 0.15) is 6.54 Å². The topological polar surface area (TPSA) is 89.9 Å². The van der Waals surface area contributed by atoms with Crippen LogP contribution in [0, 0.1) is 0 Å². The summed E-state index contributed by atoms with van der Waals surface area (Å²) in [5, 5.41) is 11.7. The van der Waals surface area contributed by atoms with E-state index in [1.54, 1.807) is 0 Å². The zero-order valence-electron chi connectivity index (χ0n) is 10.2. The third-order valence-corrected chi connectivity index (χ3v) is 2.39. The van der Waals surface area contributed by atoms with Crippen molar-refractivity contribution in [3.63, 3.8) is 0 Å². The summed E-state index contributed by atoms with van der Waals surface area (Å²) in [5.74, 6) is -0.0246. The van der Waals surface area contributed by atoms with Crippen LogP contribution in [0.15, 0.2) is 24.3 Å². The van der Waals surface area contributed by atoms with Crippen molar-refractivity contribution in [1.82, 2.24) is 20.2 Å². The highest BCUT2D eigenvalue weighted by molar-refractivity contribution is 5.73. The quantitative estimate of drug-likeness (QED) is 0.813. The Morgan fingerprint density at radius 3 is 2.56 bits per heavy atom. The number of carbonyl (C=O) groups excluding carboxylic acids is 1. The van der Waals surface area contributed by atoms with Gasteiger partial charge in [0.05, 0.1) is 0 Å². The monoisotopic (exact) mass is 246 g/mol. The summed E-state index contributed by atoms with van der Waals surface area (Å²) in [7, 11) is 3.94. The number of hydrogen-bond donors (Lipinski definition) is 1. The molecule has 0 atom stereocenters. The van der Waals surface area contributed by atoms with Crippen molar-refractivity contribution in [2.45, 2.75) is 6.54 Å². The van der Waals surface area contributed by atoms with E-state index in [1.165, 1.54) is 4.80 Å². The molecule has 0 aliphatic heterocycles. The summed E-state index contributed by atoms with van der Waals surface area (Å²) in [5.41, 5.74) is 6.98. The molecule has 7 heteroatoms. The van der Waals surface area contributed by atoms with E-state index >= 15 is 0 Å². The number of benzene rings is 1. The molecule has 0 aliphatic carbocycles. The first-order valence-electron chi connectivity index (χ1n) is 5.40. The molecule has 7 nitrogen and oxygen atoms in total. The molecule has 1 amide bonds. The molecule has 0 fully saturated rings. The normalized spacial score (nSPS) is 10.3. The SMILES string of the molecule is CN(C)c1ccc(-c2nnn(CC(N)=O)n2)cc1. The molecule has 0 saturated carbocycles. The van der Waals surface area contributed by atoms with Gasteiger partial charge in [0.2, 0.25) is 11.7 Å². The first kappa shape index (κ1) is 12.0. The van der Waals surface area contributed by atoms with Gasteiger partial charge >= 0.3 is 0 Å². The highest BCUT2D eigenvalue weighted by Crippen LogP contribution is 2.18. The Labute approximate surface area is 104 Å². The Morgan fingerprint density at radius 2 is 2.00 bits per heavy atom. The summed E-state index contributed by atoms with van der Waals surface area (Å²) in [6.07, 6.45) is 0. The van der Waals surface area contributed by atoms with E-state index in [-0.39, 0.29) is 6.54 Å². The van der Waals surface area contributed by atoms with Gasteiger partial charge in [-0.1, -0.05) is 0 Å². The van der Waals surface area contributed by atoms with E-state index in [9.17, 15) is 4.79 Å². The molecule has 2 aromatic rings. The standard InChI is InChI=1S/C11H14N6O/c1-16(2)9-5-3-8(4-6-9)11-13-15-17(14-11)7-10(12)18/h3-6H,7H2,1-2H3,(H2,12,18). The Bertz CT molecular complexity index is 545. The van der Waals surface area contributed by atoms with Gasteiger partial charge in [-0.25, -0.2) is 0 Å². The van der Waals surface area contributed by atoms with Crippen molar-refractivity contribution in [2.75, 3.05) is 19.0 Å². The Hall–Kier alpha value is -2.44. The van der Waals surface area contributed by atoms with Crippen LogP contribution in [0.5, 0.6) is 0 Å². The fourth-order valence-corrected chi connectivity index (χ4v) is 1.47. The number of nitrogens with zero attached hydrogens (tertiary/aromatic N) is 5. The lowest BCUT2D eigenvalue weighted by Gasteiger charge is -2.11. The van der Waals surface area contributed by atoms with E-state index in [0.717, 1.165) is 11.3 Å². The van der Waals surface area contributed by atoms with E-state index in [0.29, 0.717) is 5.82 Å². The minimum Gasteiger partial charge on any atom is -0.378 e. The molecule has 0 unspecified atom stereocenters. The van der Waals surface area contributed by atoms with Crippen LogP contribution in [0.3, 0.4) is 0 Å². The third-order valence-electron chi connectivity index (χ3n) is 2.39. The number of carbonyl (C=O) groups is 1. The number of anilines is 1. The van der Waals surface area contributed by atoms with Crippen LogP contribution >= 0.6 is 0 Å². The molecule has 2 rings (SSSR count). The maximum atomic E-state index is 10.7. The smallest absolute Gasteiger partial charge is 0.241 e. The van der Waals surface area contributed by atoms with Crippen molar-refractivity contribution in [3.8, 4) is 11.4 Å². The molecule has 2 N–H and O–H groups in total. The fraction of sp³-hybridized carbons (Fsp3) is 0.273. The minimum atomic E-state index is -0.498. The van der Waals surface area contributed by atoms with Gasteiger partial charge in [-0.2, -0.15) is 4.80 Å². The Balaban J connectivity index is 2.20. The van der Waals surface area contributed by atoms with Gasteiger partial charge in [0.25, 0.3) is 0 Å². The zero-order valence-corrected chi connectivity index (χ0v) is 10.2. The highest BCUT2D eigenvalue weighted by Gasteiger charge is 2.07. The van der Waals surface area contributed by atoms with E-state index in [4.69, 9.17) is 5.73 Å². The summed E-state index contributed by atoms with van der Waals surface area (Å²) in [4.78, 5) is 13.9. The first-order valence-corrected chi connectivity index (χ1v) is 5.40. The summed E-state index contributed by atoms with van der Waals surface area (Å²) < 4.78 is 0. The van der Waals surface area contributed by atoms with Gasteiger partial charge in [-0.3, -0.25) is 4.79 Å². The highest BCUT2D eigenvalue weighted by atomic mass is 16.1. The van der Waals surface area contributed by atoms with E-state index < -0.39 is 5.91 Å². The molecule has 0 spiro atoms. The first-order chi connectivity index (χ1) is 8.56. The Morgan fingerprint density at radius 1 is 1.33 bits per heavy atom. The van der Waals surface area contributed by atoms with Crippen LogP contribution in [0.1, 0.15) is 0 Å². The van der Waals surface area contributed by atoms with Crippen molar-refractivity contribution in [2.24, 2.45) is 5.73 Å². The van der Waals surface area contributed by atoms with Crippen molar-refractivity contribution < 1.29 is 4.79 Å². The number of hydrogen-bond acceptors (Lipinski definition) is 5. The fourth-order valence-electron chi connectivity index (χ4n) is 1.47. The van der Waals surface area contributed by atoms with Crippen LogP contribution < -0.4 is 10.6 Å². The molecule has 18 heavy (non-hydrogen) atoms. The lowest BCUT2D eigenvalue weighted by atomic mass is 10.2. The predicted octanol–water partition coefficient (Wildman–Crippen LogP) is -0.109. The van der Waals surface area contributed by atoms with E-state index in [1.807, 2.05) is 43.3 Å². The van der Waals surface area contributed by atoms with Gasteiger partial charge < -0.3 is 10.6 Å². The van der Waals surface area contributed by atoms with Crippen LogP contribution in [0.25, 0.3) is 11.4 Å². The van der Waals surface area contributed by atoms with Gasteiger partial charge in [-0.15, -0.1) is 10.2 Å². The van der Waals surface area contributed by atoms with Crippen molar-refractivity contribution >= 4 is 11.6 Å². The molecule has 0 aliphatic rings. The number of nitrogens with two attached hydrogens (primary N) is 1. The Kier molecular flexibility index (Phi) is 3.22. The average molecular weight is 246 g/mol. The number of primary amides is 1. The second kappa shape index (κ2) is 4.82. The maximum absolute atomic E-state index is 10.7. The number of rotatable bonds is 4. The van der Waals surface area contributed by atoms with Crippen LogP contribution in [0.4, 0.5) is 5.69 Å². The lowest BCUT2D eigenvalue weighted by molar-refractivity contribution is -0.118. The van der Waals surface area contributed by atoms with Gasteiger partial charge in [-0.05, 0) is 29.5 Å². The average Bonchev–Trinajstić information content (AvgIpc) is 2.76. The van der Waals surface area contributed by atoms with Crippen LogP contribution in [-0.2, 0) is 11.3 Å². The van der Waals surface area contributed by atoms with Crippen molar-refractivity contribution in [3.05, 3.63) is 24.3 Å². The number of tetrazole rings is 1. The molecule has 0 bridgehead atoms. The molecule has 0 saturated heterocycles. The molecule has 1 aromatic heterocycles. The second-order valence-corrected chi connectivity index (χ2v) is 4.05. The summed E-state index contributed by atoms with van der Waals surface area (Å²) in [6, 6.07) is 7.73. The van der Waals surface area contributed by atoms with E-state index in [2.05, 4.69) is 15.4 Å². The predicted molar refractivity (Wildman–Crippen MR) is 66.8 cm³/mol. The van der Waals surface area contributed by atoms with Crippen LogP contribution in [0.2, 0.25) is 0 Å². The molecule has 94 valence electrons. The van der Waals surface area contributed by atoms with Gasteiger partial charge in [0.15, 0.2) is 0 Å². The van der Waals surface area contributed by atoms with Crippen molar-refractivity contribution in [1.29, 1.82) is 0 Å². The summed E-state index contributed by atoms with van der Waals surface area (Å²) in [6.45, 7) is -0.0667. The second-order valence-electron chi connectivity index (χ2n) is 4.05. The van der Waals surface area contributed by atoms with Crippen LogP contribution in [-0.4, -0.2) is 40.2 Å². The van der Waals surface area contributed by atoms with Gasteiger partial charge in [0, 0.05) is 25.3 Å². The largest absolute Gasteiger partial charge is 0.378 e. The lowest BCUT2D eigenvalue weighted by Crippen LogP contribution is -2.20. The molecular weight excluding hydrogens is 232 g/mol. The third kappa shape index (κ3) is 2.62. The zero-order chi connectivity index (χ0) is 13.1. The number of aromatic nitrogens is 4. The molecule has 0 radical (unpaired) electrons.